The third-order valence-electron chi connectivity index (χ3n) is 3.29. The summed E-state index contributed by atoms with van der Waals surface area (Å²) in [6.45, 7) is 2.95. The van der Waals surface area contributed by atoms with Crippen molar-refractivity contribution >= 4 is 21.8 Å². The van der Waals surface area contributed by atoms with Crippen LogP contribution in [0, 0.1) is 5.92 Å². The maximum Gasteiger partial charge on any atom is 0.255 e. The van der Waals surface area contributed by atoms with E-state index in [1.165, 1.54) is 0 Å². The van der Waals surface area contributed by atoms with E-state index in [-0.39, 0.29) is 5.91 Å². The Morgan fingerprint density at radius 3 is 2.89 bits per heavy atom. The molecule has 0 unspecified atom stereocenters. The van der Waals surface area contributed by atoms with Gasteiger partial charge in [0.25, 0.3) is 5.91 Å². The quantitative estimate of drug-likeness (QED) is 0.927. The van der Waals surface area contributed by atoms with Crippen LogP contribution in [0.1, 0.15) is 23.2 Å². The van der Waals surface area contributed by atoms with Crippen LogP contribution in [0.2, 0.25) is 0 Å². The molecule has 5 heteroatoms. The summed E-state index contributed by atoms with van der Waals surface area (Å²) in [5, 5.41) is 3.34. The van der Waals surface area contributed by atoms with Gasteiger partial charge in [-0.05, 0) is 53.8 Å². The first-order valence-electron chi connectivity index (χ1n) is 6.23. The first-order valence-corrected chi connectivity index (χ1v) is 7.03. The predicted molar refractivity (Wildman–Crippen MR) is 74.5 cm³/mol. The molecular weight excluding hydrogens is 294 g/mol. The zero-order valence-corrected chi connectivity index (χ0v) is 12.1. The Balaban J connectivity index is 1.95. The highest BCUT2D eigenvalue weighted by Crippen LogP contribution is 2.15. The van der Waals surface area contributed by atoms with Gasteiger partial charge in [0.1, 0.15) is 0 Å². The monoisotopic (exact) mass is 311 g/mol. The summed E-state index contributed by atoms with van der Waals surface area (Å²) in [4.78, 5) is 18.1. The second-order valence-corrected chi connectivity index (χ2v) is 5.69. The third-order valence-corrected chi connectivity index (χ3v) is 3.72. The van der Waals surface area contributed by atoms with Crippen LogP contribution in [-0.2, 0) is 0 Å². The van der Waals surface area contributed by atoms with E-state index in [0.717, 1.165) is 36.9 Å². The molecular formula is C13H18BrN3O. The molecule has 0 spiro atoms. The van der Waals surface area contributed by atoms with Crippen LogP contribution >= 0.6 is 15.9 Å². The second-order valence-electron chi connectivity index (χ2n) is 4.77. The van der Waals surface area contributed by atoms with Gasteiger partial charge in [0, 0.05) is 30.5 Å². The molecule has 1 aromatic heterocycles. The van der Waals surface area contributed by atoms with Crippen molar-refractivity contribution in [1.29, 1.82) is 0 Å². The Morgan fingerprint density at radius 2 is 2.22 bits per heavy atom. The second kappa shape index (κ2) is 6.29. The SMILES string of the molecule is CN(CC1CCNCC1)C(=O)c1cncc(Br)c1. The summed E-state index contributed by atoms with van der Waals surface area (Å²) in [7, 11) is 1.87. The van der Waals surface area contributed by atoms with Gasteiger partial charge < -0.3 is 10.2 Å². The molecule has 0 saturated carbocycles. The number of rotatable bonds is 3. The number of aromatic nitrogens is 1. The smallest absolute Gasteiger partial charge is 0.255 e. The molecule has 1 N–H and O–H groups in total. The van der Waals surface area contributed by atoms with Crippen LogP contribution in [-0.4, -0.2) is 42.5 Å². The van der Waals surface area contributed by atoms with Crippen molar-refractivity contribution in [1.82, 2.24) is 15.2 Å². The number of hydrogen-bond acceptors (Lipinski definition) is 3. The van der Waals surface area contributed by atoms with Crippen molar-refractivity contribution in [3.05, 3.63) is 28.5 Å². The predicted octanol–water partition coefficient (Wildman–Crippen LogP) is 1.92. The fourth-order valence-electron chi connectivity index (χ4n) is 2.28. The van der Waals surface area contributed by atoms with Gasteiger partial charge in [0.15, 0.2) is 0 Å². The molecule has 0 atom stereocenters. The highest BCUT2D eigenvalue weighted by atomic mass is 79.9. The number of carbonyl (C=O) groups excluding carboxylic acids is 1. The van der Waals surface area contributed by atoms with Crippen molar-refractivity contribution in [2.75, 3.05) is 26.7 Å². The van der Waals surface area contributed by atoms with Crippen molar-refractivity contribution in [2.45, 2.75) is 12.8 Å². The lowest BCUT2D eigenvalue weighted by molar-refractivity contribution is 0.0762. The minimum absolute atomic E-state index is 0.0438. The molecule has 0 aliphatic carbocycles. The van der Waals surface area contributed by atoms with Crippen LogP contribution in [0.3, 0.4) is 0 Å². The standard InChI is InChI=1S/C13H18BrN3O/c1-17(9-10-2-4-15-5-3-10)13(18)11-6-12(14)8-16-7-11/h6-8,10,15H,2-5,9H2,1H3. The van der Waals surface area contributed by atoms with E-state index < -0.39 is 0 Å². The maximum absolute atomic E-state index is 12.2. The van der Waals surface area contributed by atoms with Crippen molar-refractivity contribution in [2.24, 2.45) is 5.92 Å². The van der Waals surface area contributed by atoms with Crippen molar-refractivity contribution < 1.29 is 4.79 Å². The Morgan fingerprint density at radius 1 is 1.50 bits per heavy atom. The molecule has 1 saturated heterocycles. The van der Waals surface area contributed by atoms with E-state index in [1.807, 2.05) is 13.1 Å². The molecule has 1 amide bonds. The zero-order valence-electron chi connectivity index (χ0n) is 10.5. The average molecular weight is 312 g/mol. The van der Waals surface area contributed by atoms with Crippen LogP contribution in [0.5, 0.6) is 0 Å². The van der Waals surface area contributed by atoms with E-state index in [9.17, 15) is 4.79 Å². The molecule has 2 rings (SSSR count). The first kappa shape index (κ1) is 13.5. The number of nitrogens with zero attached hydrogens (tertiary/aromatic N) is 2. The maximum atomic E-state index is 12.2. The highest BCUT2D eigenvalue weighted by Gasteiger charge is 2.19. The Labute approximate surface area is 116 Å². The number of hydrogen-bond donors (Lipinski definition) is 1. The summed E-state index contributed by atoms with van der Waals surface area (Å²) >= 11 is 3.34. The van der Waals surface area contributed by atoms with Gasteiger partial charge >= 0.3 is 0 Å². The molecule has 1 aromatic rings. The summed E-state index contributed by atoms with van der Waals surface area (Å²) in [5.41, 5.74) is 0.640. The Hall–Kier alpha value is -0.940. The summed E-state index contributed by atoms with van der Waals surface area (Å²) in [5.74, 6) is 0.655. The van der Waals surface area contributed by atoms with E-state index in [2.05, 4.69) is 26.2 Å². The largest absolute Gasteiger partial charge is 0.341 e. The lowest BCUT2D eigenvalue weighted by Crippen LogP contribution is -2.37. The number of nitrogens with one attached hydrogen (secondary N) is 1. The third kappa shape index (κ3) is 3.53. The number of halogens is 1. The minimum atomic E-state index is 0.0438. The molecule has 0 radical (unpaired) electrons. The highest BCUT2D eigenvalue weighted by molar-refractivity contribution is 9.10. The number of piperidine rings is 1. The van der Waals surface area contributed by atoms with Gasteiger partial charge in [-0.1, -0.05) is 0 Å². The van der Waals surface area contributed by atoms with Crippen LogP contribution in [0.15, 0.2) is 22.9 Å². The topological polar surface area (TPSA) is 45.2 Å². The van der Waals surface area contributed by atoms with Crippen LogP contribution in [0.4, 0.5) is 0 Å². The van der Waals surface area contributed by atoms with Gasteiger partial charge in [-0.2, -0.15) is 0 Å². The summed E-state index contributed by atoms with van der Waals surface area (Å²) < 4.78 is 0.837. The normalized spacial score (nSPS) is 16.6. The molecule has 1 fully saturated rings. The van der Waals surface area contributed by atoms with Crippen LogP contribution in [0.25, 0.3) is 0 Å². The molecule has 1 aliphatic heterocycles. The summed E-state index contributed by atoms with van der Waals surface area (Å²) in [6.07, 6.45) is 5.60. The van der Waals surface area contributed by atoms with Gasteiger partial charge in [-0.25, -0.2) is 0 Å². The average Bonchev–Trinajstić information content (AvgIpc) is 2.39. The Kier molecular flexibility index (Phi) is 4.72. The van der Waals surface area contributed by atoms with E-state index in [4.69, 9.17) is 0 Å². The summed E-state index contributed by atoms with van der Waals surface area (Å²) in [6, 6.07) is 1.81. The van der Waals surface area contributed by atoms with E-state index >= 15 is 0 Å². The van der Waals surface area contributed by atoms with Gasteiger partial charge in [0.05, 0.1) is 5.56 Å². The van der Waals surface area contributed by atoms with E-state index in [0.29, 0.717) is 11.5 Å². The first-order chi connectivity index (χ1) is 8.66. The Bertz CT molecular complexity index is 418. The molecule has 18 heavy (non-hydrogen) atoms. The molecule has 1 aliphatic rings. The fraction of sp³-hybridized carbons (Fsp3) is 0.538. The number of carbonyl (C=O) groups is 1. The van der Waals surface area contributed by atoms with Crippen molar-refractivity contribution in [3.8, 4) is 0 Å². The number of amides is 1. The molecule has 4 nitrogen and oxygen atoms in total. The lowest BCUT2D eigenvalue weighted by Gasteiger charge is -2.27. The molecule has 0 aromatic carbocycles. The number of pyridine rings is 1. The molecule has 2 heterocycles. The van der Waals surface area contributed by atoms with Crippen LogP contribution < -0.4 is 5.32 Å². The fourth-order valence-corrected chi connectivity index (χ4v) is 2.65. The van der Waals surface area contributed by atoms with Gasteiger partial charge in [-0.3, -0.25) is 9.78 Å². The zero-order chi connectivity index (χ0) is 13.0. The van der Waals surface area contributed by atoms with Gasteiger partial charge in [-0.15, -0.1) is 0 Å². The van der Waals surface area contributed by atoms with Crippen molar-refractivity contribution in [3.63, 3.8) is 0 Å². The minimum Gasteiger partial charge on any atom is -0.341 e. The lowest BCUT2D eigenvalue weighted by atomic mass is 9.97. The molecule has 98 valence electrons. The molecule has 0 bridgehead atoms. The van der Waals surface area contributed by atoms with E-state index in [1.54, 1.807) is 17.3 Å². The van der Waals surface area contributed by atoms with Gasteiger partial charge in [0.2, 0.25) is 0 Å².